The summed E-state index contributed by atoms with van der Waals surface area (Å²) in [6.45, 7) is 2.51. The van der Waals surface area contributed by atoms with E-state index in [1.54, 1.807) is 0 Å². The van der Waals surface area contributed by atoms with Gasteiger partial charge in [-0.1, -0.05) is 189 Å². The average Bonchev–Trinajstić information content (AvgIpc) is 3.98. The Labute approximate surface area is 435 Å². The van der Waals surface area contributed by atoms with Crippen LogP contribution in [0.2, 0.25) is 0 Å². The van der Waals surface area contributed by atoms with Gasteiger partial charge < -0.3 is 9.47 Å². The van der Waals surface area contributed by atoms with E-state index in [9.17, 15) is 0 Å². The van der Waals surface area contributed by atoms with Gasteiger partial charge in [-0.2, -0.15) is 0 Å². The van der Waals surface area contributed by atoms with Crippen molar-refractivity contribution in [2.24, 2.45) is 23.7 Å². The second kappa shape index (κ2) is 17.2. The summed E-state index contributed by atoms with van der Waals surface area (Å²) in [5.74, 6) is 3.28. The summed E-state index contributed by atoms with van der Waals surface area (Å²) in [5.41, 5.74) is 22.9. The molecule has 4 aliphatic rings. The maximum atomic E-state index is 2.64. The molecule has 2 bridgehead atoms. The normalized spacial score (nSPS) is 19.9. The fourth-order valence-corrected chi connectivity index (χ4v) is 15.3. The Kier molecular flexibility index (Phi) is 10.1. The molecule has 1 heterocycles. The molecule has 0 aliphatic heterocycles. The second-order valence-corrected chi connectivity index (χ2v) is 22.2. The second-order valence-electron chi connectivity index (χ2n) is 22.2. The minimum atomic E-state index is -0.426. The summed E-state index contributed by atoms with van der Waals surface area (Å²) in [6.07, 6.45) is 6.74. The number of rotatable bonds is 7. The molecule has 15 rings (SSSR count). The molecular formula is C72H58N2. The topological polar surface area (TPSA) is 8.17 Å². The predicted octanol–water partition coefficient (Wildman–Crippen LogP) is 18.9. The SMILES string of the molecule is C[C@H]1C[C@@H]2C[C@H](C1)C[C@H](C1c3ccccc3C3(c4ccccc4-c4ccccc43)c3ccc(N(c4ccc(-c5ccccc5)cc4)c4ccc(-c5cccc(-n6c7ccccc7c7ccccc76)c5)cc4)cc31)C2. The first-order valence-electron chi connectivity index (χ1n) is 27.2. The van der Waals surface area contributed by atoms with Crippen molar-refractivity contribution < 1.29 is 0 Å². The highest BCUT2D eigenvalue weighted by molar-refractivity contribution is 6.09. The maximum Gasteiger partial charge on any atom is 0.0719 e. The van der Waals surface area contributed by atoms with Crippen molar-refractivity contribution in [1.82, 2.24) is 4.57 Å². The zero-order valence-corrected chi connectivity index (χ0v) is 41.9. The molecule has 74 heavy (non-hydrogen) atoms. The first kappa shape index (κ1) is 43.4. The van der Waals surface area contributed by atoms with Gasteiger partial charge >= 0.3 is 0 Å². The van der Waals surface area contributed by atoms with Gasteiger partial charge in [0, 0.05) is 39.4 Å². The Morgan fingerprint density at radius 3 is 1.53 bits per heavy atom. The van der Waals surface area contributed by atoms with Crippen LogP contribution in [-0.2, 0) is 5.41 Å². The molecule has 2 fully saturated rings. The van der Waals surface area contributed by atoms with E-state index in [2.05, 4.69) is 259 Å². The van der Waals surface area contributed by atoms with Gasteiger partial charge in [-0.25, -0.2) is 0 Å². The Hall–Kier alpha value is -8.20. The number of anilines is 3. The molecule has 2 nitrogen and oxygen atoms in total. The van der Waals surface area contributed by atoms with E-state index in [4.69, 9.17) is 0 Å². The number of aromatic nitrogens is 1. The molecular weight excluding hydrogens is 893 g/mol. The third-order valence-corrected chi connectivity index (χ3v) is 17.9. The van der Waals surface area contributed by atoms with Crippen molar-refractivity contribution in [3.05, 3.63) is 276 Å². The van der Waals surface area contributed by atoms with Crippen LogP contribution in [0.5, 0.6) is 0 Å². The predicted molar refractivity (Wildman–Crippen MR) is 308 cm³/mol. The Balaban J connectivity index is 0.904. The van der Waals surface area contributed by atoms with Crippen LogP contribution in [-0.4, -0.2) is 4.57 Å². The van der Waals surface area contributed by atoms with Gasteiger partial charge in [0.1, 0.15) is 0 Å². The highest BCUT2D eigenvalue weighted by atomic mass is 15.1. The molecule has 0 radical (unpaired) electrons. The largest absolute Gasteiger partial charge is 0.310 e. The standard InChI is InChI=1S/C72H58N2/c1-47-40-48-42-49(41-47)44-54(43-48)71-63-24-7-12-27-67(63)72(65-25-10-5-20-59(65)60-21-6-11-26-66(60)72)68-39-38-58(46-64(68)71)73(55-34-30-51(31-35-55)50-16-3-2-4-17-50)56-36-32-52(33-37-56)53-18-15-19-57(45-53)74-69-28-13-8-22-61(69)62-23-9-14-29-70(62)74/h2-39,45-49,54,71H,40-44H2,1H3/t47-,48+,49-,54+,71?. The molecule has 1 unspecified atom stereocenters. The van der Waals surface area contributed by atoms with Crippen LogP contribution in [0.4, 0.5) is 17.1 Å². The average molecular weight is 951 g/mol. The van der Waals surface area contributed by atoms with E-state index in [-0.39, 0.29) is 5.92 Å². The van der Waals surface area contributed by atoms with Crippen LogP contribution in [0.15, 0.2) is 243 Å². The molecule has 1 spiro atoms. The fourth-order valence-electron chi connectivity index (χ4n) is 15.3. The molecule has 2 heteroatoms. The lowest BCUT2D eigenvalue weighted by atomic mass is 9.54. The summed E-state index contributed by atoms with van der Waals surface area (Å²) in [5, 5.41) is 2.55. The zero-order valence-electron chi connectivity index (χ0n) is 41.9. The van der Waals surface area contributed by atoms with Crippen LogP contribution < -0.4 is 4.90 Å². The molecule has 0 saturated heterocycles. The van der Waals surface area contributed by atoms with Crippen LogP contribution >= 0.6 is 0 Å². The minimum Gasteiger partial charge on any atom is -0.310 e. The quantitative estimate of drug-likeness (QED) is 0.155. The zero-order chi connectivity index (χ0) is 48.9. The third-order valence-electron chi connectivity index (χ3n) is 17.9. The molecule has 10 aromatic carbocycles. The van der Waals surface area contributed by atoms with Crippen LogP contribution in [0, 0.1) is 23.7 Å². The van der Waals surface area contributed by atoms with Crippen molar-refractivity contribution in [2.75, 3.05) is 4.90 Å². The van der Waals surface area contributed by atoms with Crippen molar-refractivity contribution >= 4 is 38.9 Å². The van der Waals surface area contributed by atoms with Gasteiger partial charge in [0.2, 0.25) is 0 Å². The van der Waals surface area contributed by atoms with Gasteiger partial charge in [0.05, 0.1) is 16.4 Å². The van der Waals surface area contributed by atoms with E-state index >= 15 is 0 Å². The lowest BCUT2D eigenvalue weighted by Crippen LogP contribution is -2.40. The number of hydrogen-bond acceptors (Lipinski definition) is 1. The van der Waals surface area contributed by atoms with Gasteiger partial charge in [-0.05, 0) is 183 Å². The molecule has 2 saturated carbocycles. The summed E-state index contributed by atoms with van der Waals surface area (Å²) >= 11 is 0. The number of fused-ring (bicyclic) bond motifs is 14. The smallest absolute Gasteiger partial charge is 0.0719 e. The molecule has 0 N–H and O–H groups in total. The fraction of sp³-hybridized carbons (Fsp3) is 0.167. The van der Waals surface area contributed by atoms with Crippen molar-refractivity contribution in [3.8, 4) is 39.1 Å². The lowest BCUT2D eigenvalue weighted by Gasteiger charge is -2.49. The van der Waals surface area contributed by atoms with E-state index in [1.807, 2.05) is 0 Å². The van der Waals surface area contributed by atoms with Gasteiger partial charge in [0.25, 0.3) is 0 Å². The van der Waals surface area contributed by atoms with E-state index < -0.39 is 5.41 Å². The maximum absolute atomic E-state index is 2.64. The van der Waals surface area contributed by atoms with Crippen molar-refractivity contribution in [1.29, 1.82) is 0 Å². The Morgan fingerprint density at radius 1 is 0.378 bits per heavy atom. The summed E-state index contributed by atoms with van der Waals surface area (Å²) in [6, 6.07) is 91.8. The van der Waals surface area contributed by atoms with Crippen LogP contribution in [0.25, 0.3) is 60.9 Å². The molecule has 0 amide bonds. The third kappa shape index (κ3) is 6.70. The van der Waals surface area contributed by atoms with Gasteiger partial charge in [-0.3, -0.25) is 0 Å². The monoisotopic (exact) mass is 950 g/mol. The highest BCUT2D eigenvalue weighted by Gasteiger charge is 2.53. The van der Waals surface area contributed by atoms with E-state index in [0.717, 1.165) is 34.8 Å². The number of benzene rings is 10. The molecule has 11 aromatic rings. The highest BCUT2D eigenvalue weighted by Crippen LogP contribution is 2.64. The lowest BCUT2D eigenvalue weighted by molar-refractivity contribution is 0.0958. The summed E-state index contributed by atoms with van der Waals surface area (Å²) < 4.78 is 2.41. The Morgan fingerprint density at radius 2 is 0.878 bits per heavy atom. The molecule has 5 atom stereocenters. The summed E-state index contributed by atoms with van der Waals surface area (Å²) in [4.78, 5) is 2.52. The number of hydrogen-bond donors (Lipinski definition) is 0. The first-order chi connectivity index (χ1) is 36.6. The molecule has 356 valence electrons. The van der Waals surface area contributed by atoms with Crippen molar-refractivity contribution in [3.63, 3.8) is 0 Å². The minimum absolute atomic E-state index is 0.289. The van der Waals surface area contributed by atoms with Crippen LogP contribution in [0.3, 0.4) is 0 Å². The van der Waals surface area contributed by atoms with Crippen molar-refractivity contribution in [2.45, 2.75) is 50.4 Å². The first-order valence-corrected chi connectivity index (χ1v) is 27.2. The number of nitrogens with zero attached hydrogens (tertiary/aromatic N) is 2. The Bertz CT molecular complexity index is 3820. The number of para-hydroxylation sites is 2. The summed E-state index contributed by atoms with van der Waals surface area (Å²) in [7, 11) is 0. The van der Waals surface area contributed by atoms with Gasteiger partial charge in [-0.15, -0.1) is 0 Å². The van der Waals surface area contributed by atoms with Gasteiger partial charge in [0.15, 0.2) is 0 Å². The van der Waals surface area contributed by atoms with E-state index in [0.29, 0.717) is 5.92 Å². The molecule has 1 aromatic heterocycles. The molecule has 4 aliphatic carbocycles. The van der Waals surface area contributed by atoms with Crippen LogP contribution in [0.1, 0.15) is 78.3 Å². The van der Waals surface area contributed by atoms with E-state index in [1.165, 1.54) is 126 Å².